The lowest BCUT2D eigenvalue weighted by molar-refractivity contribution is 0.0940. The molecule has 6 nitrogen and oxygen atoms in total. The van der Waals surface area contributed by atoms with Crippen LogP contribution in [0.25, 0.3) is 22.6 Å². The molecule has 0 radical (unpaired) electrons. The van der Waals surface area contributed by atoms with Gasteiger partial charge in [-0.05, 0) is 11.8 Å². The van der Waals surface area contributed by atoms with Gasteiger partial charge in [0.25, 0.3) is 5.91 Å². The minimum atomic E-state index is -0.122. The maximum Gasteiger partial charge on any atom is 0.271 e. The number of carbonyl (C=O) groups is 1. The fraction of sp³-hybridized carbons (Fsp3) is 0.278. The molecule has 6 heteroatoms. The summed E-state index contributed by atoms with van der Waals surface area (Å²) >= 11 is 0. The monoisotopic (exact) mass is 321 g/mol. The topological polar surface area (TPSA) is 86.5 Å². The molecular weight excluding hydrogens is 302 g/mol. The molecule has 0 fully saturated rings. The Hall–Kier alpha value is -2.89. The highest BCUT2D eigenvalue weighted by molar-refractivity contribution is 5.95. The van der Waals surface area contributed by atoms with Crippen molar-refractivity contribution in [3.8, 4) is 22.6 Å². The second-order valence-electron chi connectivity index (χ2n) is 6.96. The third-order valence-corrected chi connectivity index (χ3v) is 4.33. The first kappa shape index (κ1) is 14.7. The zero-order chi connectivity index (χ0) is 16.7. The lowest BCUT2D eigenvalue weighted by Crippen LogP contribution is -2.32. The van der Waals surface area contributed by atoms with E-state index in [1.165, 1.54) is 0 Å². The minimum Gasteiger partial charge on any atom is -0.350 e. The molecule has 4 rings (SSSR count). The van der Waals surface area contributed by atoms with Crippen molar-refractivity contribution in [3.63, 3.8) is 0 Å². The zero-order valence-corrected chi connectivity index (χ0v) is 13.7. The molecule has 3 N–H and O–H groups in total. The van der Waals surface area contributed by atoms with Crippen molar-refractivity contribution in [1.82, 2.24) is 25.5 Å². The van der Waals surface area contributed by atoms with Gasteiger partial charge in [0, 0.05) is 17.8 Å². The number of rotatable bonds is 2. The van der Waals surface area contributed by atoms with E-state index < -0.39 is 0 Å². The average Bonchev–Trinajstić information content (AvgIpc) is 3.18. The van der Waals surface area contributed by atoms with Crippen molar-refractivity contribution in [3.05, 3.63) is 47.9 Å². The first-order chi connectivity index (χ1) is 11.5. The van der Waals surface area contributed by atoms with Gasteiger partial charge >= 0.3 is 0 Å². The van der Waals surface area contributed by atoms with E-state index in [0.29, 0.717) is 18.1 Å². The lowest BCUT2D eigenvalue weighted by Gasteiger charge is -2.21. The summed E-state index contributed by atoms with van der Waals surface area (Å²) in [6, 6.07) is 9.96. The molecule has 0 unspecified atom stereocenters. The molecule has 1 aliphatic heterocycles. The summed E-state index contributed by atoms with van der Waals surface area (Å²) in [4.78, 5) is 20.2. The fourth-order valence-electron chi connectivity index (χ4n) is 3.09. The number of benzene rings is 1. The van der Waals surface area contributed by atoms with Gasteiger partial charge in [-0.2, -0.15) is 5.10 Å². The first-order valence-electron chi connectivity index (χ1n) is 8.00. The van der Waals surface area contributed by atoms with Gasteiger partial charge in [0.05, 0.1) is 17.5 Å². The van der Waals surface area contributed by atoms with Crippen molar-refractivity contribution in [2.24, 2.45) is 5.41 Å². The number of hydrogen-bond acceptors (Lipinski definition) is 3. The molecule has 2 aromatic heterocycles. The van der Waals surface area contributed by atoms with E-state index in [1.54, 1.807) is 6.20 Å². The van der Waals surface area contributed by atoms with Gasteiger partial charge < -0.3 is 10.3 Å². The summed E-state index contributed by atoms with van der Waals surface area (Å²) in [6.07, 6.45) is 2.51. The van der Waals surface area contributed by atoms with Gasteiger partial charge in [-0.1, -0.05) is 44.2 Å². The van der Waals surface area contributed by atoms with E-state index in [9.17, 15) is 4.79 Å². The molecule has 0 bridgehead atoms. The lowest BCUT2D eigenvalue weighted by atomic mass is 9.88. The molecule has 1 amide bonds. The summed E-state index contributed by atoms with van der Waals surface area (Å²) in [5.74, 6) is 0.545. The largest absolute Gasteiger partial charge is 0.350 e. The fourth-order valence-corrected chi connectivity index (χ4v) is 3.09. The SMILES string of the molecule is CC1(C)CNC(=O)c2nc(-c3cn[nH]c3-c3ccccc3)[nH]c2C1. The second kappa shape index (κ2) is 5.33. The highest BCUT2D eigenvalue weighted by Crippen LogP contribution is 2.31. The quantitative estimate of drug-likeness (QED) is 0.678. The highest BCUT2D eigenvalue weighted by Gasteiger charge is 2.30. The number of nitrogens with one attached hydrogen (secondary N) is 3. The number of imidazole rings is 1. The standard InChI is InChI=1S/C18H19N5O/c1-18(2)8-13-15(17(24)19-10-18)22-16(21-13)12-9-20-23-14(12)11-6-4-3-5-7-11/h3-7,9H,8,10H2,1-2H3,(H,19,24)(H,20,23)(H,21,22). The Labute approximate surface area is 139 Å². The van der Waals surface area contributed by atoms with Crippen LogP contribution in [0.15, 0.2) is 36.5 Å². The zero-order valence-electron chi connectivity index (χ0n) is 13.7. The summed E-state index contributed by atoms with van der Waals surface area (Å²) in [7, 11) is 0. The maximum atomic E-state index is 12.3. The van der Waals surface area contributed by atoms with Crippen LogP contribution in [0.5, 0.6) is 0 Å². The molecule has 122 valence electrons. The van der Waals surface area contributed by atoms with Crippen LogP contribution in [0.3, 0.4) is 0 Å². The first-order valence-corrected chi connectivity index (χ1v) is 8.00. The smallest absolute Gasteiger partial charge is 0.271 e. The third kappa shape index (κ3) is 2.50. The Balaban J connectivity index is 1.79. The van der Waals surface area contributed by atoms with Crippen LogP contribution in [-0.2, 0) is 6.42 Å². The van der Waals surface area contributed by atoms with E-state index in [1.807, 2.05) is 30.3 Å². The van der Waals surface area contributed by atoms with E-state index in [4.69, 9.17) is 0 Å². The summed E-state index contributed by atoms with van der Waals surface area (Å²) < 4.78 is 0. The Kier molecular flexibility index (Phi) is 3.26. The molecule has 0 saturated heterocycles. The number of fused-ring (bicyclic) bond motifs is 1. The Morgan fingerprint density at radius 1 is 1.17 bits per heavy atom. The number of aromatic amines is 2. The van der Waals surface area contributed by atoms with Crippen molar-refractivity contribution >= 4 is 5.91 Å². The Morgan fingerprint density at radius 3 is 2.75 bits per heavy atom. The van der Waals surface area contributed by atoms with Crippen LogP contribution in [0.4, 0.5) is 0 Å². The Morgan fingerprint density at radius 2 is 1.96 bits per heavy atom. The Bertz CT molecular complexity index is 891. The molecule has 1 aliphatic rings. The molecule has 0 atom stereocenters. The maximum absolute atomic E-state index is 12.3. The molecule has 3 heterocycles. The van der Waals surface area contributed by atoms with Gasteiger partial charge in [0.15, 0.2) is 0 Å². The molecule has 1 aromatic carbocycles. The average molecular weight is 321 g/mol. The van der Waals surface area contributed by atoms with Crippen LogP contribution in [0.1, 0.15) is 30.0 Å². The summed E-state index contributed by atoms with van der Waals surface area (Å²) in [5, 5.41) is 10.1. The van der Waals surface area contributed by atoms with Gasteiger partial charge in [0.1, 0.15) is 11.5 Å². The second-order valence-corrected chi connectivity index (χ2v) is 6.96. The summed E-state index contributed by atoms with van der Waals surface area (Å²) in [6.45, 7) is 4.92. The minimum absolute atomic E-state index is 0.0105. The van der Waals surface area contributed by atoms with Crippen molar-refractivity contribution < 1.29 is 4.79 Å². The number of amides is 1. The molecule has 3 aromatic rings. The van der Waals surface area contributed by atoms with Gasteiger partial charge in [0.2, 0.25) is 0 Å². The number of H-pyrrole nitrogens is 2. The van der Waals surface area contributed by atoms with Crippen LogP contribution in [-0.4, -0.2) is 32.6 Å². The van der Waals surface area contributed by atoms with E-state index in [-0.39, 0.29) is 11.3 Å². The van der Waals surface area contributed by atoms with Gasteiger partial charge in [-0.25, -0.2) is 4.98 Å². The number of nitrogens with zero attached hydrogens (tertiary/aromatic N) is 2. The number of carbonyl (C=O) groups excluding carboxylic acids is 1. The summed E-state index contributed by atoms with van der Waals surface area (Å²) in [5.41, 5.74) is 4.13. The predicted octanol–water partition coefficient (Wildman–Crippen LogP) is 2.78. The number of aromatic nitrogens is 4. The van der Waals surface area contributed by atoms with Crippen molar-refractivity contribution in [2.75, 3.05) is 6.54 Å². The highest BCUT2D eigenvalue weighted by atomic mass is 16.1. The molecule has 24 heavy (non-hydrogen) atoms. The van der Waals surface area contributed by atoms with Crippen LogP contribution < -0.4 is 5.32 Å². The van der Waals surface area contributed by atoms with Crippen LogP contribution in [0.2, 0.25) is 0 Å². The van der Waals surface area contributed by atoms with Crippen molar-refractivity contribution in [1.29, 1.82) is 0 Å². The van der Waals surface area contributed by atoms with Crippen LogP contribution in [0, 0.1) is 5.41 Å². The van der Waals surface area contributed by atoms with Gasteiger partial charge in [-0.3, -0.25) is 9.89 Å². The molecule has 0 saturated carbocycles. The van der Waals surface area contributed by atoms with Crippen LogP contribution >= 0.6 is 0 Å². The van der Waals surface area contributed by atoms with Crippen molar-refractivity contribution in [2.45, 2.75) is 20.3 Å². The predicted molar refractivity (Wildman–Crippen MR) is 91.4 cm³/mol. The van der Waals surface area contributed by atoms with E-state index >= 15 is 0 Å². The van der Waals surface area contributed by atoms with E-state index in [0.717, 1.165) is 28.9 Å². The number of hydrogen-bond donors (Lipinski definition) is 3. The van der Waals surface area contributed by atoms with Gasteiger partial charge in [-0.15, -0.1) is 0 Å². The molecular formula is C18H19N5O. The third-order valence-electron chi connectivity index (χ3n) is 4.33. The normalized spacial score (nSPS) is 16.3. The molecule has 0 aliphatic carbocycles. The molecule has 0 spiro atoms. The van der Waals surface area contributed by atoms with E-state index in [2.05, 4.69) is 39.3 Å².